The zero-order valence-corrected chi connectivity index (χ0v) is 16.2. The van der Waals surface area contributed by atoms with Crippen molar-refractivity contribution in [2.24, 2.45) is 5.92 Å². The number of rotatable bonds is 9. The second-order valence-electron chi connectivity index (χ2n) is 6.92. The Kier molecular flexibility index (Phi) is 7.86. The minimum atomic E-state index is -0.587. The van der Waals surface area contributed by atoms with Crippen LogP contribution in [0.25, 0.3) is 0 Å². The number of carbonyl (C=O) groups excluding carboxylic acids is 2. The molecule has 0 aromatic heterocycles. The number of carbonyl (C=O) groups is 2. The van der Waals surface area contributed by atoms with Crippen LogP contribution in [0.15, 0.2) is 60.7 Å². The summed E-state index contributed by atoms with van der Waals surface area (Å²) in [7, 11) is 0. The molecule has 144 valence electrons. The minimum Gasteiger partial charge on any atom is -0.484 e. The van der Waals surface area contributed by atoms with Crippen molar-refractivity contribution in [3.05, 3.63) is 66.2 Å². The molecule has 0 aliphatic carbocycles. The molecule has 0 aliphatic heterocycles. The van der Waals surface area contributed by atoms with Crippen LogP contribution in [0.3, 0.4) is 0 Å². The molecular formula is C22H28N2O3. The first-order valence-corrected chi connectivity index (χ1v) is 9.26. The molecule has 0 radical (unpaired) electrons. The van der Waals surface area contributed by atoms with Crippen molar-refractivity contribution in [3.63, 3.8) is 0 Å². The van der Waals surface area contributed by atoms with Crippen LogP contribution in [-0.2, 0) is 16.1 Å². The van der Waals surface area contributed by atoms with Gasteiger partial charge in [0.1, 0.15) is 11.8 Å². The fourth-order valence-corrected chi connectivity index (χ4v) is 2.56. The van der Waals surface area contributed by atoms with E-state index in [-0.39, 0.29) is 18.4 Å². The summed E-state index contributed by atoms with van der Waals surface area (Å²) in [6.07, 6.45) is 0. The molecule has 2 aromatic carbocycles. The van der Waals surface area contributed by atoms with Crippen molar-refractivity contribution >= 4 is 11.8 Å². The fraction of sp³-hybridized carbons (Fsp3) is 0.364. The second-order valence-corrected chi connectivity index (χ2v) is 6.92. The van der Waals surface area contributed by atoms with Gasteiger partial charge in [-0.15, -0.1) is 0 Å². The molecule has 5 heteroatoms. The van der Waals surface area contributed by atoms with E-state index >= 15 is 0 Å². The minimum absolute atomic E-state index is 0.112. The summed E-state index contributed by atoms with van der Waals surface area (Å²) in [6.45, 7) is 6.64. The van der Waals surface area contributed by atoms with E-state index < -0.39 is 6.04 Å². The van der Waals surface area contributed by atoms with Crippen molar-refractivity contribution < 1.29 is 14.3 Å². The molecule has 0 bridgehead atoms. The van der Waals surface area contributed by atoms with Gasteiger partial charge in [0, 0.05) is 13.1 Å². The summed E-state index contributed by atoms with van der Waals surface area (Å²) >= 11 is 0. The third-order valence-electron chi connectivity index (χ3n) is 4.15. The van der Waals surface area contributed by atoms with E-state index in [0.29, 0.717) is 24.8 Å². The number of amides is 2. The molecule has 0 aliphatic rings. The third kappa shape index (κ3) is 6.77. The largest absolute Gasteiger partial charge is 0.484 e. The van der Waals surface area contributed by atoms with Crippen molar-refractivity contribution in [2.75, 3.05) is 13.2 Å². The molecule has 2 amide bonds. The van der Waals surface area contributed by atoms with E-state index in [4.69, 9.17) is 4.74 Å². The Morgan fingerprint density at radius 1 is 0.963 bits per heavy atom. The lowest BCUT2D eigenvalue weighted by molar-refractivity contribution is -0.142. The summed E-state index contributed by atoms with van der Waals surface area (Å²) in [5.74, 6) is 0.589. The van der Waals surface area contributed by atoms with Gasteiger partial charge in [-0.3, -0.25) is 9.59 Å². The van der Waals surface area contributed by atoms with Crippen molar-refractivity contribution in [1.29, 1.82) is 0 Å². The van der Waals surface area contributed by atoms with Crippen LogP contribution >= 0.6 is 0 Å². The van der Waals surface area contributed by atoms with E-state index in [1.807, 2.05) is 62.4 Å². The Bertz CT molecular complexity index is 717. The number of ether oxygens (including phenoxy) is 1. The molecular weight excluding hydrogens is 340 g/mol. The molecule has 0 heterocycles. The maximum absolute atomic E-state index is 12.8. The number of hydrogen-bond acceptors (Lipinski definition) is 3. The Hall–Kier alpha value is -2.82. The van der Waals surface area contributed by atoms with Crippen LogP contribution < -0.4 is 10.1 Å². The van der Waals surface area contributed by atoms with Gasteiger partial charge in [-0.25, -0.2) is 0 Å². The van der Waals surface area contributed by atoms with Gasteiger partial charge >= 0.3 is 0 Å². The summed E-state index contributed by atoms with van der Waals surface area (Å²) in [5, 5.41) is 2.90. The van der Waals surface area contributed by atoms with Gasteiger partial charge in [0.15, 0.2) is 6.61 Å². The summed E-state index contributed by atoms with van der Waals surface area (Å²) < 4.78 is 5.59. The number of hydrogen-bond donors (Lipinski definition) is 1. The first kappa shape index (κ1) is 20.5. The third-order valence-corrected chi connectivity index (χ3v) is 4.15. The summed E-state index contributed by atoms with van der Waals surface area (Å²) in [5.41, 5.74) is 0.967. The molecule has 2 aromatic rings. The van der Waals surface area contributed by atoms with Crippen LogP contribution in [0.5, 0.6) is 5.75 Å². The van der Waals surface area contributed by atoms with Gasteiger partial charge in [0.25, 0.3) is 5.91 Å². The normalized spacial score (nSPS) is 11.7. The fourth-order valence-electron chi connectivity index (χ4n) is 2.56. The number of nitrogens with zero attached hydrogens (tertiary/aromatic N) is 1. The molecule has 27 heavy (non-hydrogen) atoms. The van der Waals surface area contributed by atoms with Crippen molar-refractivity contribution in [3.8, 4) is 5.75 Å². The van der Waals surface area contributed by atoms with Gasteiger partial charge < -0.3 is 15.0 Å². The highest BCUT2D eigenvalue weighted by molar-refractivity contribution is 5.87. The standard InChI is InChI=1S/C22H28N2O3/c1-17(2)14-23-22(26)18(3)24(15-19-10-6-4-7-11-19)21(25)16-27-20-12-8-5-9-13-20/h4-13,17-18H,14-16H2,1-3H3,(H,23,26). The first-order valence-electron chi connectivity index (χ1n) is 9.26. The lowest BCUT2D eigenvalue weighted by atomic mass is 10.1. The van der Waals surface area contributed by atoms with E-state index in [9.17, 15) is 9.59 Å². The highest BCUT2D eigenvalue weighted by atomic mass is 16.5. The molecule has 1 unspecified atom stereocenters. The van der Waals surface area contributed by atoms with Gasteiger partial charge in [-0.1, -0.05) is 62.4 Å². The van der Waals surface area contributed by atoms with E-state index in [0.717, 1.165) is 5.56 Å². The van der Waals surface area contributed by atoms with Gasteiger partial charge in [0.2, 0.25) is 5.91 Å². The van der Waals surface area contributed by atoms with Crippen molar-refractivity contribution in [1.82, 2.24) is 10.2 Å². The van der Waals surface area contributed by atoms with Gasteiger partial charge in [-0.05, 0) is 30.5 Å². The van der Waals surface area contributed by atoms with Crippen LogP contribution in [0.1, 0.15) is 26.3 Å². The number of benzene rings is 2. The van der Waals surface area contributed by atoms with E-state index in [1.165, 1.54) is 0 Å². The van der Waals surface area contributed by atoms with Crippen LogP contribution in [0.4, 0.5) is 0 Å². The second kappa shape index (κ2) is 10.4. The molecule has 5 nitrogen and oxygen atoms in total. The average Bonchev–Trinajstić information content (AvgIpc) is 2.69. The Labute approximate surface area is 161 Å². The SMILES string of the molecule is CC(C)CNC(=O)C(C)N(Cc1ccccc1)C(=O)COc1ccccc1. The zero-order valence-electron chi connectivity index (χ0n) is 16.2. The quantitative estimate of drug-likeness (QED) is 0.739. The Balaban J connectivity index is 2.07. The van der Waals surface area contributed by atoms with Gasteiger partial charge in [0.05, 0.1) is 0 Å². The Morgan fingerprint density at radius 3 is 2.15 bits per heavy atom. The lowest BCUT2D eigenvalue weighted by Gasteiger charge is -2.29. The molecule has 0 spiro atoms. The highest BCUT2D eigenvalue weighted by Crippen LogP contribution is 2.12. The molecule has 0 fully saturated rings. The predicted molar refractivity (Wildman–Crippen MR) is 106 cm³/mol. The lowest BCUT2D eigenvalue weighted by Crippen LogP contribution is -2.49. The average molecular weight is 368 g/mol. The maximum Gasteiger partial charge on any atom is 0.261 e. The molecule has 0 saturated heterocycles. The first-order chi connectivity index (χ1) is 13.0. The van der Waals surface area contributed by atoms with Crippen LogP contribution in [-0.4, -0.2) is 35.9 Å². The predicted octanol–water partition coefficient (Wildman–Crippen LogP) is 3.25. The summed E-state index contributed by atoms with van der Waals surface area (Å²) in [6, 6.07) is 18.2. The molecule has 2 rings (SSSR count). The number of para-hydroxylation sites is 1. The van der Waals surface area contributed by atoms with Crippen LogP contribution in [0.2, 0.25) is 0 Å². The maximum atomic E-state index is 12.8. The molecule has 0 saturated carbocycles. The topological polar surface area (TPSA) is 58.6 Å². The highest BCUT2D eigenvalue weighted by Gasteiger charge is 2.26. The van der Waals surface area contributed by atoms with E-state index in [1.54, 1.807) is 24.0 Å². The molecule has 1 atom stereocenters. The summed E-state index contributed by atoms with van der Waals surface area (Å²) in [4.78, 5) is 26.9. The van der Waals surface area contributed by atoms with Crippen molar-refractivity contribution in [2.45, 2.75) is 33.4 Å². The van der Waals surface area contributed by atoms with Gasteiger partial charge in [-0.2, -0.15) is 0 Å². The van der Waals surface area contributed by atoms with E-state index in [2.05, 4.69) is 5.32 Å². The zero-order chi connectivity index (χ0) is 19.6. The van der Waals surface area contributed by atoms with Crippen LogP contribution in [0, 0.1) is 5.92 Å². The monoisotopic (exact) mass is 368 g/mol. The Morgan fingerprint density at radius 2 is 1.56 bits per heavy atom. The molecule has 1 N–H and O–H groups in total. The number of nitrogens with one attached hydrogen (secondary N) is 1. The smallest absolute Gasteiger partial charge is 0.261 e.